The van der Waals surface area contributed by atoms with Gasteiger partial charge >= 0.3 is 247 Å². The number of hydrogen-bond acceptors (Lipinski definition) is 0. The predicted octanol–water partition coefficient (Wildman–Crippen LogP) is -1.81. The zero-order chi connectivity index (χ0) is 28.4. The second-order valence-electron chi connectivity index (χ2n) is 13.0. The van der Waals surface area contributed by atoms with E-state index in [2.05, 4.69) is 157 Å². The van der Waals surface area contributed by atoms with Gasteiger partial charge < -0.3 is 37.2 Å². The monoisotopic (exact) mass is 674 g/mol. The Morgan fingerprint density at radius 2 is 1.05 bits per heavy atom. The maximum Gasteiger partial charge on any atom is -1.00 e. The number of allylic oxidation sites excluding steroid dienone is 4. The van der Waals surface area contributed by atoms with E-state index < -0.39 is 16.1 Å². The Morgan fingerprint density at radius 3 is 1.44 bits per heavy atom. The molecule has 3 aromatic carbocycles. The van der Waals surface area contributed by atoms with Crippen molar-refractivity contribution in [2.24, 2.45) is 0 Å². The van der Waals surface area contributed by atoms with E-state index in [9.17, 15) is 0 Å². The molecule has 1 aliphatic rings. The van der Waals surface area contributed by atoms with Gasteiger partial charge in [-0.1, -0.05) is 0 Å². The Kier molecular flexibility index (Phi) is 12.5. The Hall–Kier alpha value is -0.842. The van der Waals surface area contributed by atoms with Gasteiger partial charge in [0.15, 0.2) is 0 Å². The molecule has 0 fully saturated rings. The summed E-state index contributed by atoms with van der Waals surface area (Å²) in [4.78, 5) is 0. The van der Waals surface area contributed by atoms with Crippen LogP contribution < -0.4 is 58.0 Å². The van der Waals surface area contributed by atoms with Crippen LogP contribution in [0.1, 0.15) is 55.5 Å². The van der Waals surface area contributed by atoms with Crippen molar-refractivity contribution in [3.8, 4) is 0 Å². The van der Waals surface area contributed by atoms with Crippen LogP contribution in [0.3, 0.4) is 0 Å². The molecule has 0 nitrogen and oxygen atoms in total. The molecule has 0 saturated carbocycles. The smallest absolute Gasteiger partial charge is 1.00 e. The van der Waals surface area contributed by atoms with Gasteiger partial charge in [-0.3, -0.25) is 0 Å². The van der Waals surface area contributed by atoms with Crippen molar-refractivity contribution in [1.82, 2.24) is 0 Å². The third-order valence-corrected chi connectivity index (χ3v) is 19.7. The average Bonchev–Trinajstić information content (AvgIpc) is 2.99. The maximum absolute atomic E-state index is 2.71. The molecule has 0 radical (unpaired) electrons. The molecule has 0 amide bonds. The zero-order valence-corrected chi connectivity index (χ0v) is 32.7. The van der Waals surface area contributed by atoms with Crippen molar-refractivity contribution in [2.45, 2.75) is 87.0 Å². The van der Waals surface area contributed by atoms with Crippen molar-refractivity contribution < 1.29 is 57.7 Å². The van der Waals surface area contributed by atoms with E-state index in [1.165, 1.54) is 39.0 Å². The summed E-state index contributed by atoms with van der Waals surface area (Å²) in [5, 5.41) is 6.20. The minimum Gasteiger partial charge on any atom is -1.00 e. The average molecular weight is 676 g/mol. The van der Waals surface area contributed by atoms with Gasteiger partial charge in [-0.25, -0.2) is 0 Å². The second kappa shape index (κ2) is 13.4. The largest absolute Gasteiger partial charge is 1.00 e. The molecule has 41 heavy (non-hydrogen) atoms. The van der Waals surface area contributed by atoms with Crippen LogP contribution in [-0.2, 0) is 20.4 Å². The van der Waals surface area contributed by atoms with E-state index in [-0.39, 0.29) is 42.3 Å². The topological polar surface area (TPSA) is 0 Å². The molecule has 0 heterocycles. The van der Waals surface area contributed by atoms with Crippen LogP contribution in [0.15, 0.2) is 75.2 Å². The molecule has 0 aliphatic heterocycles. The standard InChI is InChI=1S/C35H45Si2.3ClH.Ti/c1-23-19-31(36(10,11)12)21-32(20-23)37(33-17-13-15-24(2)28(33)6,34-18-14-16-25(3)29(34)7)35(9)22-26(4)27(5)30(35)8;;;;/h13-21H,1-12H3;3*1H;/q;;;;+3/p-3. The molecule has 1 aliphatic carbocycles. The van der Waals surface area contributed by atoms with Crippen LogP contribution >= 0.6 is 0 Å². The Morgan fingerprint density at radius 1 is 0.610 bits per heavy atom. The summed E-state index contributed by atoms with van der Waals surface area (Å²) in [6.45, 7) is 28.9. The minimum absolute atomic E-state index is 0. The van der Waals surface area contributed by atoms with E-state index in [4.69, 9.17) is 0 Å². The van der Waals surface area contributed by atoms with Crippen LogP contribution in [0.4, 0.5) is 0 Å². The molecule has 0 spiro atoms. The van der Waals surface area contributed by atoms with Gasteiger partial charge in [0.2, 0.25) is 0 Å². The molecule has 1 atom stereocenters. The van der Waals surface area contributed by atoms with Gasteiger partial charge in [0, 0.05) is 0 Å². The fourth-order valence-corrected chi connectivity index (χ4v) is 16.7. The molecule has 1 unspecified atom stereocenters. The summed E-state index contributed by atoms with van der Waals surface area (Å²) in [7, 11) is -4.26. The number of aryl methyl sites for hydroxylation is 3. The van der Waals surface area contributed by atoms with Crippen LogP contribution in [-0.4, -0.2) is 16.1 Å². The van der Waals surface area contributed by atoms with Gasteiger partial charge in [0.05, 0.1) is 0 Å². The SMILES string of the molecule is CC1=C(C)C(C)([Si](c2cc(C)cc([Si](C)(C)C)c2)(c2cccc(C)c2C)c2cccc(C)c2C)[C]([Ti+3])=C1C.[Cl-].[Cl-].[Cl-]. The first kappa shape index (κ1) is 38.2. The van der Waals surface area contributed by atoms with E-state index in [0.29, 0.717) is 0 Å². The number of rotatable bonds is 5. The first-order valence-electron chi connectivity index (χ1n) is 14.0. The van der Waals surface area contributed by atoms with Crippen LogP contribution in [0, 0.1) is 34.6 Å². The maximum atomic E-state index is 2.66. The fourth-order valence-electron chi connectivity index (χ4n) is 6.91. The molecule has 0 bridgehead atoms. The fraction of sp³-hybridized carbons (Fsp3) is 0.371. The van der Waals surface area contributed by atoms with Gasteiger partial charge in [-0.15, -0.1) is 0 Å². The first-order valence-corrected chi connectivity index (χ1v) is 20.3. The predicted molar refractivity (Wildman–Crippen MR) is 170 cm³/mol. The van der Waals surface area contributed by atoms with E-state index in [0.717, 1.165) is 0 Å². The first-order chi connectivity index (χ1) is 17.6. The number of benzene rings is 3. The number of hydrogen-bond donors (Lipinski definition) is 0. The van der Waals surface area contributed by atoms with Crippen molar-refractivity contribution >= 4 is 36.9 Å². The molecule has 0 N–H and O–H groups in total. The zero-order valence-electron chi connectivity index (χ0n) is 26.8. The van der Waals surface area contributed by atoms with Crippen LogP contribution in [0.25, 0.3) is 0 Å². The third-order valence-electron chi connectivity index (χ3n) is 9.89. The van der Waals surface area contributed by atoms with E-state index >= 15 is 0 Å². The third kappa shape index (κ3) is 5.85. The van der Waals surface area contributed by atoms with E-state index in [1.54, 1.807) is 30.2 Å². The summed E-state index contributed by atoms with van der Waals surface area (Å²) < 4.78 is 1.55. The van der Waals surface area contributed by atoms with Gasteiger partial charge in [0.25, 0.3) is 0 Å². The van der Waals surface area contributed by atoms with Crippen LogP contribution in [0.2, 0.25) is 24.7 Å². The second-order valence-corrected chi connectivity index (χ2v) is 23.0. The van der Waals surface area contributed by atoms with Crippen molar-refractivity contribution in [3.63, 3.8) is 0 Å². The molecular formula is C35H45Cl3Si2Ti. The summed E-state index contributed by atoms with van der Waals surface area (Å²) in [6.07, 6.45) is 0. The van der Waals surface area contributed by atoms with Crippen LogP contribution in [0.5, 0.6) is 0 Å². The van der Waals surface area contributed by atoms with Gasteiger partial charge in [-0.2, -0.15) is 0 Å². The van der Waals surface area contributed by atoms with E-state index in [1.807, 2.05) is 0 Å². The quantitative estimate of drug-likeness (QED) is 0.221. The normalized spacial score (nSPS) is 17.2. The summed E-state index contributed by atoms with van der Waals surface area (Å²) in [6, 6.07) is 21.9. The Labute approximate surface area is 282 Å². The molecule has 4 rings (SSSR count). The summed E-state index contributed by atoms with van der Waals surface area (Å²) in [5.74, 6) is 0. The molecule has 0 saturated heterocycles. The van der Waals surface area contributed by atoms with Gasteiger partial charge in [-0.05, 0) is 0 Å². The Bertz CT molecular complexity index is 1440. The van der Waals surface area contributed by atoms with Crippen molar-refractivity contribution in [3.05, 3.63) is 103 Å². The summed E-state index contributed by atoms with van der Waals surface area (Å²) >= 11 is 2.43. The minimum atomic E-state index is -2.71. The molecular weight excluding hydrogens is 631 g/mol. The molecule has 6 heteroatoms. The molecule has 0 aromatic heterocycles. The van der Waals surface area contributed by atoms with Gasteiger partial charge in [0.1, 0.15) is 0 Å². The van der Waals surface area contributed by atoms with Crippen molar-refractivity contribution in [1.29, 1.82) is 0 Å². The molecule has 3 aromatic rings. The number of halogens is 3. The molecule has 218 valence electrons. The van der Waals surface area contributed by atoms with Crippen molar-refractivity contribution in [2.75, 3.05) is 0 Å². The Balaban J connectivity index is 0.00000280. The summed E-state index contributed by atoms with van der Waals surface area (Å²) in [5.41, 5.74) is 11.6.